The van der Waals surface area contributed by atoms with Gasteiger partial charge in [-0.25, -0.2) is 14.4 Å². The van der Waals surface area contributed by atoms with E-state index in [1.165, 1.54) is 6.07 Å². The molecule has 8 heteroatoms. The van der Waals surface area contributed by atoms with Crippen molar-refractivity contribution in [3.63, 3.8) is 0 Å². The molecule has 0 spiro atoms. The molecule has 2 aliphatic heterocycles. The fourth-order valence-electron chi connectivity index (χ4n) is 4.76. The van der Waals surface area contributed by atoms with Gasteiger partial charge in [0.15, 0.2) is 11.6 Å². The number of aromatic nitrogens is 4. The van der Waals surface area contributed by atoms with E-state index in [4.69, 9.17) is 15.6 Å². The second-order valence-corrected chi connectivity index (χ2v) is 8.44. The Kier molecular flexibility index (Phi) is 4.53. The molecule has 7 nitrogen and oxygen atoms in total. The topological polar surface area (TPSA) is 82.1 Å². The van der Waals surface area contributed by atoms with Crippen LogP contribution in [0.4, 0.5) is 15.9 Å². The number of para-hydroxylation sites is 1. The number of benzene rings is 2. The summed E-state index contributed by atoms with van der Waals surface area (Å²) in [6, 6.07) is 14.6. The van der Waals surface area contributed by atoms with Crippen LogP contribution in [0.2, 0.25) is 0 Å². The number of hydrogen-bond acceptors (Lipinski definition) is 6. The molecule has 0 saturated carbocycles. The fourth-order valence-corrected chi connectivity index (χ4v) is 4.76. The number of anilines is 2. The Morgan fingerprint density at radius 2 is 1.78 bits per heavy atom. The Bertz CT molecular complexity index is 1290. The van der Waals surface area contributed by atoms with Crippen LogP contribution in [0.15, 0.2) is 54.7 Å². The molecule has 2 atom stereocenters. The third kappa shape index (κ3) is 3.27. The van der Waals surface area contributed by atoms with Crippen molar-refractivity contribution in [2.75, 3.05) is 23.7 Å². The van der Waals surface area contributed by atoms with Gasteiger partial charge >= 0.3 is 0 Å². The SMILES string of the molecule is Nc1nc(-c2nn(Cc3ccccc3F)c3ccccc23)ncc1N1C[C@H]2CC[C@@H](C1)O2. The highest BCUT2D eigenvalue weighted by atomic mass is 19.1. The summed E-state index contributed by atoms with van der Waals surface area (Å²) in [5, 5.41) is 5.65. The molecule has 2 fully saturated rings. The van der Waals surface area contributed by atoms with E-state index in [-0.39, 0.29) is 18.0 Å². The van der Waals surface area contributed by atoms with E-state index in [1.807, 2.05) is 30.3 Å². The third-order valence-corrected chi connectivity index (χ3v) is 6.33. The summed E-state index contributed by atoms with van der Waals surface area (Å²) < 4.78 is 22.0. The van der Waals surface area contributed by atoms with E-state index < -0.39 is 0 Å². The molecule has 32 heavy (non-hydrogen) atoms. The first kappa shape index (κ1) is 19.2. The van der Waals surface area contributed by atoms with Gasteiger partial charge in [0, 0.05) is 24.0 Å². The lowest BCUT2D eigenvalue weighted by molar-refractivity contribution is 0.0305. The zero-order valence-corrected chi connectivity index (χ0v) is 17.5. The van der Waals surface area contributed by atoms with E-state index in [1.54, 1.807) is 23.0 Å². The molecular formula is C24H23FN6O. The average molecular weight is 430 g/mol. The van der Waals surface area contributed by atoms with Gasteiger partial charge in [0.1, 0.15) is 11.5 Å². The summed E-state index contributed by atoms with van der Waals surface area (Å²) in [4.78, 5) is 11.5. The number of nitrogens with zero attached hydrogens (tertiary/aromatic N) is 5. The lowest BCUT2D eigenvalue weighted by Crippen LogP contribution is -2.43. The predicted molar refractivity (Wildman–Crippen MR) is 121 cm³/mol. The first-order valence-corrected chi connectivity index (χ1v) is 10.9. The van der Waals surface area contributed by atoms with Crippen molar-refractivity contribution in [3.8, 4) is 11.5 Å². The average Bonchev–Trinajstić information content (AvgIpc) is 3.34. The van der Waals surface area contributed by atoms with Crippen molar-refractivity contribution in [3.05, 3.63) is 66.1 Å². The maximum absolute atomic E-state index is 14.2. The van der Waals surface area contributed by atoms with Gasteiger partial charge in [-0.2, -0.15) is 5.10 Å². The van der Waals surface area contributed by atoms with Crippen LogP contribution in [0.5, 0.6) is 0 Å². The van der Waals surface area contributed by atoms with Gasteiger partial charge in [-0.15, -0.1) is 0 Å². The first-order valence-electron chi connectivity index (χ1n) is 10.9. The smallest absolute Gasteiger partial charge is 0.182 e. The molecule has 0 radical (unpaired) electrons. The number of rotatable bonds is 4. The number of halogens is 1. The molecule has 6 rings (SSSR count). The van der Waals surface area contributed by atoms with Crippen LogP contribution in [0.3, 0.4) is 0 Å². The lowest BCUT2D eigenvalue weighted by Gasteiger charge is -2.33. The molecule has 2 bridgehead atoms. The minimum absolute atomic E-state index is 0.252. The minimum Gasteiger partial charge on any atom is -0.382 e. The molecule has 4 aromatic rings. The molecule has 2 aromatic heterocycles. The van der Waals surface area contributed by atoms with Crippen LogP contribution in [0, 0.1) is 5.82 Å². The number of nitrogen functional groups attached to an aromatic ring is 1. The summed E-state index contributed by atoms with van der Waals surface area (Å²) in [5.41, 5.74) is 9.32. The Balaban J connectivity index is 1.37. The second-order valence-electron chi connectivity index (χ2n) is 8.44. The van der Waals surface area contributed by atoms with Gasteiger partial charge in [0.2, 0.25) is 0 Å². The van der Waals surface area contributed by atoms with E-state index in [0.717, 1.165) is 42.5 Å². The summed E-state index contributed by atoms with van der Waals surface area (Å²) in [6.45, 7) is 1.94. The molecular weight excluding hydrogens is 407 g/mol. The number of hydrogen-bond donors (Lipinski definition) is 1. The largest absolute Gasteiger partial charge is 0.382 e. The highest BCUT2D eigenvalue weighted by Gasteiger charge is 2.34. The second kappa shape index (κ2) is 7.56. The van der Waals surface area contributed by atoms with Crippen molar-refractivity contribution >= 4 is 22.4 Å². The summed E-state index contributed by atoms with van der Waals surface area (Å²) >= 11 is 0. The van der Waals surface area contributed by atoms with Crippen LogP contribution in [-0.4, -0.2) is 45.0 Å². The van der Waals surface area contributed by atoms with Crippen LogP contribution >= 0.6 is 0 Å². The summed E-state index contributed by atoms with van der Waals surface area (Å²) in [5.74, 6) is 0.646. The normalized spacial score (nSPS) is 20.2. The highest BCUT2D eigenvalue weighted by Crippen LogP contribution is 2.33. The number of fused-ring (bicyclic) bond motifs is 3. The monoisotopic (exact) mass is 430 g/mol. The zero-order chi connectivity index (χ0) is 21.7. The van der Waals surface area contributed by atoms with Crippen LogP contribution in [-0.2, 0) is 11.3 Å². The van der Waals surface area contributed by atoms with Crippen molar-refractivity contribution in [2.45, 2.75) is 31.6 Å². The summed E-state index contributed by atoms with van der Waals surface area (Å²) in [7, 11) is 0. The fraction of sp³-hybridized carbons (Fsp3) is 0.292. The van der Waals surface area contributed by atoms with Crippen LogP contribution in [0.25, 0.3) is 22.4 Å². The molecule has 0 amide bonds. The zero-order valence-electron chi connectivity index (χ0n) is 17.5. The maximum atomic E-state index is 14.2. The lowest BCUT2D eigenvalue weighted by atomic mass is 10.2. The summed E-state index contributed by atoms with van der Waals surface area (Å²) in [6.07, 6.45) is 4.47. The van der Waals surface area contributed by atoms with E-state index in [0.29, 0.717) is 29.4 Å². The molecule has 0 aliphatic carbocycles. The van der Waals surface area contributed by atoms with Crippen molar-refractivity contribution in [1.82, 2.24) is 19.7 Å². The molecule has 2 aromatic carbocycles. The van der Waals surface area contributed by atoms with Gasteiger partial charge in [-0.05, 0) is 25.0 Å². The van der Waals surface area contributed by atoms with Gasteiger partial charge < -0.3 is 15.4 Å². The quantitative estimate of drug-likeness (QED) is 0.532. The Labute approximate surface area is 184 Å². The van der Waals surface area contributed by atoms with E-state index in [9.17, 15) is 4.39 Å². The van der Waals surface area contributed by atoms with E-state index >= 15 is 0 Å². The number of nitrogens with two attached hydrogens (primary N) is 1. The molecule has 162 valence electrons. The third-order valence-electron chi connectivity index (χ3n) is 6.33. The predicted octanol–water partition coefficient (Wildman–Crippen LogP) is 3.63. The van der Waals surface area contributed by atoms with Crippen molar-refractivity contribution < 1.29 is 9.13 Å². The number of morpholine rings is 1. The van der Waals surface area contributed by atoms with Gasteiger partial charge in [-0.3, -0.25) is 4.68 Å². The highest BCUT2D eigenvalue weighted by molar-refractivity contribution is 5.92. The molecule has 2 saturated heterocycles. The van der Waals surface area contributed by atoms with Crippen molar-refractivity contribution in [2.24, 2.45) is 0 Å². The molecule has 4 heterocycles. The van der Waals surface area contributed by atoms with Gasteiger partial charge in [-0.1, -0.05) is 36.4 Å². The van der Waals surface area contributed by atoms with E-state index in [2.05, 4.69) is 14.9 Å². The Morgan fingerprint density at radius 1 is 1.03 bits per heavy atom. The van der Waals surface area contributed by atoms with Crippen molar-refractivity contribution in [1.29, 1.82) is 0 Å². The van der Waals surface area contributed by atoms with Crippen LogP contribution < -0.4 is 10.6 Å². The van der Waals surface area contributed by atoms with Crippen LogP contribution in [0.1, 0.15) is 18.4 Å². The molecule has 2 N–H and O–H groups in total. The standard InChI is InChI=1S/C24H23FN6O/c25-19-7-3-1-5-15(19)12-31-20-8-4-2-6-18(20)22(29-31)24-27-11-21(23(26)28-24)30-13-16-9-10-17(14-30)32-16/h1-8,11,16-17H,9-10,12-14H2,(H2,26,27,28)/t16-,17+. The molecule has 0 unspecified atom stereocenters. The Hall–Kier alpha value is -3.52. The first-order chi connectivity index (χ1) is 15.7. The maximum Gasteiger partial charge on any atom is 0.182 e. The molecule has 2 aliphatic rings. The van der Waals surface area contributed by atoms with Gasteiger partial charge in [0.05, 0.1) is 36.2 Å². The Morgan fingerprint density at radius 3 is 2.56 bits per heavy atom. The van der Waals surface area contributed by atoms with Gasteiger partial charge in [0.25, 0.3) is 0 Å². The minimum atomic E-state index is -0.252. The number of ether oxygens (including phenoxy) is 1.